The van der Waals surface area contributed by atoms with E-state index < -0.39 is 15.8 Å². The molecule has 16 heavy (non-hydrogen) atoms. The Morgan fingerprint density at radius 2 is 2.12 bits per heavy atom. The van der Waals surface area contributed by atoms with E-state index in [1.807, 2.05) is 13.8 Å². The molecule has 0 spiro atoms. The third-order valence-electron chi connectivity index (χ3n) is 3.11. The highest BCUT2D eigenvalue weighted by atomic mass is 32.2. The second-order valence-electron chi connectivity index (χ2n) is 4.56. The number of hydrogen-bond donors (Lipinski definition) is 2. The standard InChI is InChI=1S/C10H19NO4S/c1-7(5-12)8(2)11-10(13)9-3-4-16(14,15)6-9/h7-9,12H,3-6H2,1-2H3,(H,11,13). The molecule has 6 heteroatoms. The molecular weight excluding hydrogens is 230 g/mol. The Balaban J connectivity index is 2.48. The Labute approximate surface area is 96.1 Å². The van der Waals surface area contributed by atoms with Gasteiger partial charge in [0.2, 0.25) is 5.91 Å². The van der Waals surface area contributed by atoms with Gasteiger partial charge in [-0.3, -0.25) is 4.79 Å². The van der Waals surface area contributed by atoms with Crippen LogP contribution in [-0.4, -0.2) is 43.6 Å². The van der Waals surface area contributed by atoms with E-state index >= 15 is 0 Å². The molecule has 0 aromatic rings. The van der Waals surface area contributed by atoms with Crippen LogP contribution in [0.3, 0.4) is 0 Å². The van der Waals surface area contributed by atoms with Gasteiger partial charge in [0.1, 0.15) is 0 Å². The van der Waals surface area contributed by atoms with Gasteiger partial charge in [0.15, 0.2) is 9.84 Å². The van der Waals surface area contributed by atoms with E-state index in [1.165, 1.54) is 0 Å². The van der Waals surface area contributed by atoms with Gasteiger partial charge in [-0.05, 0) is 19.3 Å². The van der Waals surface area contributed by atoms with Crippen molar-refractivity contribution in [1.82, 2.24) is 5.32 Å². The first kappa shape index (κ1) is 13.4. The fraction of sp³-hybridized carbons (Fsp3) is 0.900. The molecule has 2 N–H and O–H groups in total. The van der Waals surface area contributed by atoms with Crippen molar-refractivity contribution in [2.45, 2.75) is 26.3 Å². The zero-order chi connectivity index (χ0) is 12.3. The Bertz CT molecular complexity index is 352. The maximum atomic E-state index is 11.7. The molecule has 1 amide bonds. The highest BCUT2D eigenvalue weighted by molar-refractivity contribution is 7.91. The number of nitrogens with one attached hydrogen (secondary N) is 1. The number of carbonyl (C=O) groups excluding carboxylic acids is 1. The summed E-state index contributed by atoms with van der Waals surface area (Å²) < 4.78 is 22.4. The first-order valence-electron chi connectivity index (χ1n) is 5.47. The lowest BCUT2D eigenvalue weighted by atomic mass is 10.0. The van der Waals surface area contributed by atoms with Crippen LogP contribution in [0.1, 0.15) is 20.3 Å². The van der Waals surface area contributed by atoms with Crippen molar-refractivity contribution < 1.29 is 18.3 Å². The van der Waals surface area contributed by atoms with Crippen molar-refractivity contribution >= 4 is 15.7 Å². The molecule has 1 aliphatic heterocycles. The second kappa shape index (κ2) is 5.14. The van der Waals surface area contributed by atoms with Crippen LogP contribution in [0.2, 0.25) is 0 Å². The highest BCUT2D eigenvalue weighted by Gasteiger charge is 2.33. The Morgan fingerprint density at radius 3 is 2.56 bits per heavy atom. The van der Waals surface area contributed by atoms with E-state index in [2.05, 4.69) is 5.32 Å². The summed E-state index contributed by atoms with van der Waals surface area (Å²) in [6, 6.07) is -0.138. The van der Waals surface area contributed by atoms with E-state index in [0.29, 0.717) is 6.42 Å². The number of sulfone groups is 1. The number of aliphatic hydroxyl groups excluding tert-OH is 1. The fourth-order valence-electron chi connectivity index (χ4n) is 1.64. The van der Waals surface area contributed by atoms with Crippen LogP contribution in [0.4, 0.5) is 0 Å². The summed E-state index contributed by atoms with van der Waals surface area (Å²) in [6.45, 7) is 3.64. The molecule has 1 saturated heterocycles. The van der Waals surface area contributed by atoms with Gasteiger partial charge in [-0.2, -0.15) is 0 Å². The molecule has 0 aromatic carbocycles. The predicted octanol–water partition coefficient (Wildman–Crippen LogP) is -0.446. The molecular formula is C10H19NO4S. The topological polar surface area (TPSA) is 83.5 Å². The first-order valence-corrected chi connectivity index (χ1v) is 7.29. The predicted molar refractivity (Wildman–Crippen MR) is 60.6 cm³/mol. The van der Waals surface area contributed by atoms with Gasteiger partial charge in [-0.15, -0.1) is 0 Å². The number of carbonyl (C=O) groups is 1. The summed E-state index contributed by atoms with van der Waals surface area (Å²) in [7, 11) is -3.01. The van der Waals surface area contributed by atoms with Crippen LogP contribution in [0.25, 0.3) is 0 Å². The normalized spacial score (nSPS) is 27.3. The number of hydrogen-bond acceptors (Lipinski definition) is 4. The summed E-state index contributed by atoms with van der Waals surface area (Å²) in [6.07, 6.45) is 0.411. The van der Waals surface area contributed by atoms with Crippen LogP contribution >= 0.6 is 0 Å². The summed E-state index contributed by atoms with van der Waals surface area (Å²) in [4.78, 5) is 11.7. The summed E-state index contributed by atoms with van der Waals surface area (Å²) in [5.74, 6) is -0.595. The summed E-state index contributed by atoms with van der Waals surface area (Å²) in [5.41, 5.74) is 0. The van der Waals surface area contributed by atoms with Gasteiger partial charge in [0.25, 0.3) is 0 Å². The molecule has 3 atom stereocenters. The van der Waals surface area contributed by atoms with Crippen LogP contribution in [0.5, 0.6) is 0 Å². The van der Waals surface area contributed by atoms with Crippen molar-refractivity contribution in [3.8, 4) is 0 Å². The van der Waals surface area contributed by atoms with Gasteiger partial charge in [-0.25, -0.2) is 8.42 Å². The minimum Gasteiger partial charge on any atom is -0.396 e. The maximum absolute atomic E-state index is 11.7. The minimum absolute atomic E-state index is 0.00438. The van der Waals surface area contributed by atoms with E-state index in [0.717, 1.165) is 0 Å². The average Bonchev–Trinajstić information content (AvgIpc) is 2.57. The third kappa shape index (κ3) is 3.45. The van der Waals surface area contributed by atoms with E-state index in [9.17, 15) is 13.2 Å². The first-order chi connectivity index (χ1) is 7.35. The van der Waals surface area contributed by atoms with Crippen molar-refractivity contribution in [1.29, 1.82) is 0 Å². The Kier molecular flexibility index (Phi) is 4.32. The highest BCUT2D eigenvalue weighted by Crippen LogP contribution is 2.18. The summed E-state index contributed by atoms with van der Waals surface area (Å²) >= 11 is 0. The Hall–Kier alpha value is -0.620. The number of aliphatic hydroxyl groups is 1. The molecule has 0 aromatic heterocycles. The van der Waals surface area contributed by atoms with Crippen LogP contribution in [0, 0.1) is 11.8 Å². The maximum Gasteiger partial charge on any atom is 0.224 e. The van der Waals surface area contributed by atoms with Gasteiger partial charge < -0.3 is 10.4 Å². The average molecular weight is 249 g/mol. The third-order valence-corrected chi connectivity index (χ3v) is 4.88. The van der Waals surface area contributed by atoms with Crippen LogP contribution < -0.4 is 5.32 Å². The SMILES string of the molecule is CC(CO)C(C)NC(=O)C1CCS(=O)(=O)C1. The van der Waals surface area contributed by atoms with E-state index in [1.54, 1.807) is 0 Å². The van der Waals surface area contributed by atoms with E-state index in [4.69, 9.17) is 5.11 Å². The van der Waals surface area contributed by atoms with Gasteiger partial charge >= 0.3 is 0 Å². The lowest BCUT2D eigenvalue weighted by Gasteiger charge is -2.20. The molecule has 1 fully saturated rings. The molecule has 1 aliphatic rings. The molecule has 0 radical (unpaired) electrons. The minimum atomic E-state index is -3.01. The fourth-order valence-corrected chi connectivity index (χ4v) is 3.39. The molecule has 94 valence electrons. The van der Waals surface area contributed by atoms with Crippen molar-refractivity contribution in [3.05, 3.63) is 0 Å². The monoisotopic (exact) mass is 249 g/mol. The van der Waals surface area contributed by atoms with Crippen LogP contribution in [-0.2, 0) is 14.6 Å². The molecule has 0 aliphatic carbocycles. The molecule has 5 nitrogen and oxygen atoms in total. The van der Waals surface area contributed by atoms with Crippen molar-refractivity contribution in [3.63, 3.8) is 0 Å². The quantitative estimate of drug-likeness (QED) is 0.707. The smallest absolute Gasteiger partial charge is 0.224 e. The molecule has 0 bridgehead atoms. The molecule has 1 heterocycles. The lowest BCUT2D eigenvalue weighted by molar-refractivity contribution is -0.125. The largest absolute Gasteiger partial charge is 0.396 e. The van der Waals surface area contributed by atoms with Gasteiger partial charge in [-0.1, -0.05) is 6.92 Å². The zero-order valence-electron chi connectivity index (χ0n) is 9.64. The Morgan fingerprint density at radius 1 is 1.50 bits per heavy atom. The van der Waals surface area contributed by atoms with E-state index in [-0.39, 0.29) is 36.0 Å². The molecule has 3 unspecified atom stereocenters. The number of rotatable bonds is 4. The zero-order valence-corrected chi connectivity index (χ0v) is 10.5. The summed E-state index contributed by atoms with van der Waals surface area (Å²) in [5, 5.41) is 11.7. The lowest BCUT2D eigenvalue weighted by Crippen LogP contribution is -2.41. The second-order valence-corrected chi connectivity index (χ2v) is 6.79. The molecule has 0 saturated carbocycles. The number of amides is 1. The van der Waals surface area contributed by atoms with Gasteiger partial charge in [0, 0.05) is 12.6 Å². The molecule has 1 rings (SSSR count). The van der Waals surface area contributed by atoms with Crippen LogP contribution in [0.15, 0.2) is 0 Å². The van der Waals surface area contributed by atoms with Gasteiger partial charge in [0.05, 0.1) is 17.4 Å². The van der Waals surface area contributed by atoms with Crippen molar-refractivity contribution in [2.75, 3.05) is 18.1 Å². The van der Waals surface area contributed by atoms with Crippen molar-refractivity contribution in [2.24, 2.45) is 11.8 Å².